The highest BCUT2D eigenvalue weighted by molar-refractivity contribution is 9.10. The fourth-order valence-corrected chi connectivity index (χ4v) is 3.30. The van der Waals surface area contributed by atoms with E-state index in [1.54, 1.807) is 25.3 Å². The maximum atomic E-state index is 12.4. The van der Waals surface area contributed by atoms with Crippen molar-refractivity contribution in [3.8, 4) is 5.75 Å². The molecule has 1 heterocycles. The minimum Gasteiger partial charge on any atom is -0.496 e. The molecular formula is C19H18BrN3O3. The standard InChI is InChI=1S/C19H18BrN3O3/c1-12(13-7-8-18(26-2)15(20)9-13)22-19(25)11-23-16-6-4-3-5-14(16)17(24)10-21-23/h3-10,12H,11H2,1-2H3,(H,22,25)/t12-/m1/s1. The number of methoxy groups -OCH3 is 1. The number of rotatable bonds is 5. The van der Waals surface area contributed by atoms with Crippen molar-refractivity contribution in [1.29, 1.82) is 0 Å². The van der Waals surface area contributed by atoms with E-state index in [2.05, 4.69) is 26.3 Å². The first-order valence-corrected chi connectivity index (χ1v) is 8.86. The van der Waals surface area contributed by atoms with Crippen LogP contribution in [0.15, 0.2) is 57.9 Å². The van der Waals surface area contributed by atoms with Crippen molar-refractivity contribution in [2.24, 2.45) is 0 Å². The summed E-state index contributed by atoms with van der Waals surface area (Å²) in [4.78, 5) is 24.3. The Morgan fingerprint density at radius 1 is 1.31 bits per heavy atom. The lowest BCUT2D eigenvalue weighted by Gasteiger charge is -2.16. The molecule has 1 amide bonds. The molecule has 7 heteroatoms. The Morgan fingerprint density at radius 2 is 2.08 bits per heavy atom. The number of aromatic nitrogens is 2. The molecule has 0 aliphatic rings. The number of benzene rings is 2. The predicted octanol–water partition coefficient (Wildman–Crippen LogP) is 3.05. The fourth-order valence-electron chi connectivity index (χ4n) is 2.75. The summed E-state index contributed by atoms with van der Waals surface area (Å²) < 4.78 is 7.58. The van der Waals surface area contributed by atoms with Gasteiger partial charge in [-0.3, -0.25) is 14.3 Å². The molecule has 1 atom stereocenters. The number of amides is 1. The topological polar surface area (TPSA) is 73.2 Å². The Morgan fingerprint density at radius 3 is 2.81 bits per heavy atom. The van der Waals surface area contributed by atoms with Crippen LogP contribution in [0, 0.1) is 0 Å². The van der Waals surface area contributed by atoms with Gasteiger partial charge in [-0.05, 0) is 52.7 Å². The van der Waals surface area contributed by atoms with Gasteiger partial charge in [0.05, 0.1) is 29.3 Å². The predicted molar refractivity (Wildman–Crippen MR) is 103 cm³/mol. The van der Waals surface area contributed by atoms with Crippen molar-refractivity contribution in [3.05, 3.63) is 68.9 Å². The smallest absolute Gasteiger partial charge is 0.242 e. The average molecular weight is 416 g/mol. The number of hydrogen-bond acceptors (Lipinski definition) is 4. The monoisotopic (exact) mass is 415 g/mol. The number of para-hydroxylation sites is 1. The first kappa shape index (κ1) is 18.1. The summed E-state index contributed by atoms with van der Waals surface area (Å²) in [6.07, 6.45) is 1.24. The van der Waals surface area contributed by atoms with Crippen molar-refractivity contribution >= 4 is 32.7 Å². The lowest BCUT2D eigenvalue weighted by molar-refractivity contribution is -0.122. The number of fused-ring (bicyclic) bond motifs is 1. The molecule has 1 aromatic heterocycles. The first-order chi connectivity index (χ1) is 12.5. The second-order valence-electron chi connectivity index (χ2n) is 5.87. The van der Waals surface area contributed by atoms with Crippen LogP contribution in [0.25, 0.3) is 10.9 Å². The third kappa shape index (κ3) is 3.77. The fraction of sp³-hybridized carbons (Fsp3) is 0.211. The van der Waals surface area contributed by atoms with E-state index < -0.39 is 0 Å². The maximum absolute atomic E-state index is 12.4. The minimum absolute atomic E-state index is 0.0302. The summed E-state index contributed by atoms with van der Waals surface area (Å²) in [5.74, 6) is 0.543. The van der Waals surface area contributed by atoms with Crippen LogP contribution < -0.4 is 15.5 Å². The van der Waals surface area contributed by atoms with Crippen molar-refractivity contribution in [3.63, 3.8) is 0 Å². The van der Waals surface area contributed by atoms with E-state index in [0.717, 1.165) is 15.8 Å². The van der Waals surface area contributed by atoms with Gasteiger partial charge in [-0.2, -0.15) is 5.10 Å². The van der Waals surface area contributed by atoms with Gasteiger partial charge in [0.15, 0.2) is 0 Å². The quantitative estimate of drug-likeness (QED) is 0.694. The molecule has 0 saturated carbocycles. The normalized spacial score (nSPS) is 12.0. The molecule has 0 saturated heterocycles. The molecule has 26 heavy (non-hydrogen) atoms. The van der Waals surface area contributed by atoms with Gasteiger partial charge in [0, 0.05) is 5.39 Å². The zero-order valence-corrected chi connectivity index (χ0v) is 16.0. The molecule has 134 valence electrons. The van der Waals surface area contributed by atoms with Crippen molar-refractivity contribution in [1.82, 2.24) is 15.1 Å². The average Bonchev–Trinajstić information content (AvgIpc) is 2.64. The second-order valence-corrected chi connectivity index (χ2v) is 6.72. The van der Waals surface area contributed by atoms with Gasteiger partial charge in [-0.25, -0.2) is 0 Å². The number of carbonyl (C=O) groups is 1. The van der Waals surface area contributed by atoms with E-state index in [9.17, 15) is 9.59 Å². The Hall–Kier alpha value is -2.67. The van der Waals surface area contributed by atoms with Crippen LogP contribution in [0.5, 0.6) is 5.75 Å². The molecule has 1 N–H and O–H groups in total. The maximum Gasteiger partial charge on any atom is 0.242 e. The molecule has 6 nitrogen and oxygen atoms in total. The van der Waals surface area contributed by atoms with E-state index >= 15 is 0 Å². The van der Waals surface area contributed by atoms with Gasteiger partial charge in [0.1, 0.15) is 12.3 Å². The Bertz CT molecular complexity index is 1020. The second kappa shape index (κ2) is 7.70. The third-order valence-electron chi connectivity index (χ3n) is 4.11. The molecule has 3 rings (SSSR count). The Kier molecular flexibility index (Phi) is 5.37. The molecule has 0 spiro atoms. The number of ether oxygens (including phenoxy) is 1. The van der Waals surface area contributed by atoms with Crippen molar-refractivity contribution < 1.29 is 9.53 Å². The summed E-state index contributed by atoms with van der Waals surface area (Å²) in [6.45, 7) is 1.94. The molecule has 0 unspecified atom stereocenters. The number of nitrogens with zero attached hydrogens (tertiary/aromatic N) is 2. The lowest BCUT2D eigenvalue weighted by atomic mass is 10.1. The van der Waals surface area contributed by atoms with E-state index in [0.29, 0.717) is 10.9 Å². The molecule has 3 aromatic rings. The van der Waals surface area contributed by atoms with Crippen LogP contribution in [-0.2, 0) is 11.3 Å². The molecule has 0 radical (unpaired) electrons. The molecule has 0 fully saturated rings. The molecular weight excluding hydrogens is 398 g/mol. The zero-order valence-electron chi connectivity index (χ0n) is 14.4. The highest BCUT2D eigenvalue weighted by atomic mass is 79.9. The highest BCUT2D eigenvalue weighted by Gasteiger charge is 2.13. The van der Waals surface area contributed by atoms with Crippen LogP contribution in [-0.4, -0.2) is 22.8 Å². The third-order valence-corrected chi connectivity index (χ3v) is 4.73. The van der Waals surface area contributed by atoms with Crippen molar-refractivity contribution in [2.45, 2.75) is 19.5 Å². The Balaban J connectivity index is 1.76. The largest absolute Gasteiger partial charge is 0.496 e. The number of nitrogens with one attached hydrogen (secondary N) is 1. The first-order valence-electron chi connectivity index (χ1n) is 8.07. The summed E-state index contributed by atoms with van der Waals surface area (Å²) >= 11 is 3.45. The molecule has 0 aliphatic carbocycles. The lowest BCUT2D eigenvalue weighted by Crippen LogP contribution is -2.31. The van der Waals surface area contributed by atoms with E-state index in [1.165, 1.54) is 10.9 Å². The number of halogens is 1. The minimum atomic E-state index is -0.189. The summed E-state index contributed by atoms with van der Waals surface area (Å²) in [7, 11) is 1.60. The van der Waals surface area contributed by atoms with Crippen LogP contribution in [0.1, 0.15) is 18.5 Å². The van der Waals surface area contributed by atoms with Crippen LogP contribution in [0.2, 0.25) is 0 Å². The van der Waals surface area contributed by atoms with Crippen LogP contribution in [0.4, 0.5) is 0 Å². The van der Waals surface area contributed by atoms with E-state index in [4.69, 9.17) is 4.74 Å². The van der Waals surface area contributed by atoms with Gasteiger partial charge >= 0.3 is 0 Å². The van der Waals surface area contributed by atoms with Crippen LogP contribution in [0.3, 0.4) is 0 Å². The van der Waals surface area contributed by atoms with Gasteiger partial charge in [0.25, 0.3) is 0 Å². The van der Waals surface area contributed by atoms with Gasteiger partial charge in [0.2, 0.25) is 11.3 Å². The SMILES string of the molecule is COc1ccc([C@@H](C)NC(=O)Cn2ncc(=O)c3ccccc32)cc1Br. The van der Waals surface area contributed by atoms with Gasteiger partial charge in [-0.1, -0.05) is 18.2 Å². The zero-order chi connectivity index (χ0) is 18.7. The molecule has 2 aromatic carbocycles. The highest BCUT2D eigenvalue weighted by Crippen LogP contribution is 2.27. The summed E-state index contributed by atoms with van der Waals surface area (Å²) in [5, 5.41) is 7.58. The number of hydrogen-bond donors (Lipinski definition) is 1. The van der Waals surface area contributed by atoms with Crippen LogP contribution >= 0.6 is 15.9 Å². The van der Waals surface area contributed by atoms with Crippen molar-refractivity contribution in [2.75, 3.05) is 7.11 Å². The summed E-state index contributed by atoms with van der Waals surface area (Å²) in [5.41, 5.74) is 1.42. The van der Waals surface area contributed by atoms with Gasteiger partial charge < -0.3 is 10.1 Å². The van der Waals surface area contributed by atoms with E-state index in [1.807, 2.05) is 31.2 Å². The molecule has 0 aliphatic heterocycles. The van der Waals surface area contributed by atoms with Gasteiger partial charge in [-0.15, -0.1) is 0 Å². The van der Waals surface area contributed by atoms with E-state index in [-0.39, 0.29) is 23.9 Å². The number of carbonyl (C=O) groups excluding carboxylic acids is 1. The molecule has 0 bridgehead atoms. The Labute approximate surface area is 158 Å². The summed E-state index contributed by atoms with van der Waals surface area (Å²) in [6, 6.07) is 12.6.